The fraction of sp³-hybridized carbons (Fsp3) is 1.00. The van der Waals surface area contributed by atoms with Crippen molar-refractivity contribution in [3.05, 3.63) is 0 Å². The first kappa shape index (κ1) is 18.2. The van der Waals surface area contributed by atoms with Crippen LogP contribution in [0.25, 0.3) is 0 Å². The molecule has 0 N–H and O–H groups in total. The van der Waals surface area contributed by atoms with Gasteiger partial charge in [-0.1, -0.05) is 6.92 Å². The van der Waals surface area contributed by atoms with Crippen molar-refractivity contribution in [2.24, 2.45) is 0 Å². The highest BCUT2D eigenvalue weighted by Crippen LogP contribution is 2.43. The molecule has 0 rings (SSSR count). The van der Waals surface area contributed by atoms with Gasteiger partial charge in [0.25, 0.3) is 0 Å². The number of alkyl halides is 9. The van der Waals surface area contributed by atoms with Crippen LogP contribution in [-0.2, 0) is 14.2 Å². The molecule has 0 radical (unpaired) electrons. The first-order valence-corrected chi connectivity index (χ1v) is 4.40. The summed E-state index contributed by atoms with van der Waals surface area (Å²) in [5, 5.41) is 0. The highest BCUT2D eigenvalue weighted by Gasteiger charge is 2.67. The molecule has 19 heavy (non-hydrogen) atoms. The van der Waals surface area contributed by atoms with E-state index in [2.05, 4.69) is 14.2 Å². The predicted octanol–water partition coefficient (Wildman–Crippen LogP) is 3.70. The third kappa shape index (κ3) is 5.40. The Labute approximate surface area is 99.8 Å². The Morgan fingerprint density at radius 3 is 1.58 bits per heavy atom. The van der Waals surface area contributed by atoms with Crippen LogP contribution < -0.4 is 0 Å². The van der Waals surface area contributed by atoms with E-state index in [-0.39, 0.29) is 0 Å². The summed E-state index contributed by atoms with van der Waals surface area (Å²) in [5.74, 6) is 0. The van der Waals surface area contributed by atoms with Gasteiger partial charge in [0.1, 0.15) is 0 Å². The second-order valence-electron chi connectivity index (χ2n) is 2.95. The van der Waals surface area contributed by atoms with Crippen molar-refractivity contribution in [3.63, 3.8) is 0 Å². The molecule has 12 heteroatoms. The maximum Gasteiger partial charge on any atom is 0.492 e. The molecule has 116 valence electrons. The van der Waals surface area contributed by atoms with E-state index in [4.69, 9.17) is 0 Å². The van der Waals surface area contributed by atoms with Gasteiger partial charge in [0.05, 0.1) is 0 Å². The summed E-state index contributed by atoms with van der Waals surface area (Å²) in [4.78, 5) is 0. The molecule has 0 amide bonds. The largest absolute Gasteiger partial charge is 0.492 e. The monoisotopic (exact) mass is 310 g/mol. The Hall–Kier alpha value is -0.750. The molecule has 0 spiro atoms. The first-order valence-electron chi connectivity index (χ1n) is 4.40. The fourth-order valence-corrected chi connectivity index (χ4v) is 0.621. The minimum atomic E-state index is -6.19. The molecule has 3 nitrogen and oxygen atoms in total. The minimum Gasteiger partial charge on any atom is -0.264 e. The van der Waals surface area contributed by atoms with E-state index in [1.165, 1.54) is 0 Å². The van der Waals surface area contributed by atoms with Crippen molar-refractivity contribution in [2.75, 3.05) is 6.86 Å². The van der Waals surface area contributed by atoms with E-state index >= 15 is 0 Å². The van der Waals surface area contributed by atoms with Crippen LogP contribution in [0.3, 0.4) is 0 Å². The maximum atomic E-state index is 12.6. The van der Waals surface area contributed by atoms with Gasteiger partial charge in [-0.2, -0.15) is 26.3 Å². The lowest BCUT2D eigenvalue weighted by molar-refractivity contribution is -0.547. The summed E-state index contributed by atoms with van der Waals surface area (Å²) < 4.78 is 118. The van der Waals surface area contributed by atoms with E-state index < -0.39 is 37.9 Å². The average Bonchev–Trinajstić information content (AvgIpc) is 2.13. The molecule has 0 aromatic heterocycles. The molecule has 0 heterocycles. The van der Waals surface area contributed by atoms with Crippen molar-refractivity contribution < 1.29 is 53.7 Å². The van der Waals surface area contributed by atoms with Crippen molar-refractivity contribution in [1.29, 1.82) is 0 Å². The van der Waals surface area contributed by atoms with Crippen LogP contribution in [0, 0.1) is 0 Å². The molecule has 0 aliphatic rings. The van der Waals surface area contributed by atoms with Crippen molar-refractivity contribution >= 4 is 0 Å². The number of ether oxygens (including phenoxy) is 3. The van der Waals surface area contributed by atoms with Gasteiger partial charge in [-0.05, 0) is 0 Å². The Balaban J connectivity index is 4.96. The third-order valence-corrected chi connectivity index (χ3v) is 1.50. The summed E-state index contributed by atoms with van der Waals surface area (Å²) in [6, 6.07) is 0. The molecule has 0 aliphatic carbocycles. The zero-order valence-corrected chi connectivity index (χ0v) is 9.04. The van der Waals surface area contributed by atoms with Crippen LogP contribution in [-0.4, -0.2) is 31.5 Å². The summed E-state index contributed by atoms with van der Waals surface area (Å²) in [7, 11) is 0. The van der Waals surface area contributed by atoms with Crippen molar-refractivity contribution in [2.45, 2.75) is 38.0 Å². The Morgan fingerprint density at radius 1 is 0.789 bits per heavy atom. The topological polar surface area (TPSA) is 27.7 Å². The molecular weight excluding hydrogens is 303 g/mol. The van der Waals surface area contributed by atoms with Gasteiger partial charge in [0.2, 0.25) is 0 Å². The highest BCUT2D eigenvalue weighted by atomic mass is 19.3. The first-order chi connectivity index (χ1) is 8.29. The van der Waals surface area contributed by atoms with Crippen molar-refractivity contribution in [3.8, 4) is 0 Å². The lowest BCUT2D eigenvalue weighted by Crippen LogP contribution is -2.52. The average molecular weight is 310 g/mol. The van der Waals surface area contributed by atoms with Gasteiger partial charge in [0, 0.05) is 6.42 Å². The zero-order valence-electron chi connectivity index (χ0n) is 9.04. The molecule has 0 saturated heterocycles. The van der Waals surface area contributed by atoms with E-state index in [9.17, 15) is 39.5 Å². The quantitative estimate of drug-likeness (QED) is 0.505. The highest BCUT2D eigenvalue weighted by molar-refractivity contribution is 4.70. The molecular formula is C7H7F9O3. The molecule has 0 bridgehead atoms. The molecule has 0 fully saturated rings. The number of rotatable bonds is 8. The van der Waals surface area contributed by atoms with Gasteiger partial charge in [-0.15, -0.1) is 8.78 Å². The molecule has 0 aromatic rings. The van der Waals surface area contributed by atoms with Gasteiger partial charge in [-0.25, -0.2) is 13.9 Å². The van der Waals surface area contributed by atoms with Crippen LogP contribution in [0.4, 0.5) is 39.5 Å². The molecule has 0 atom stereocenters. The lowest BCUT2D eigenvalue weighted by atomic mass is 10.4. The molecule has 0 saturated carbocycles. The molecule has 0 aromatic carbocycles. The maximum absolute atomic E-state index is 12.6. The second kappa shape index (κ2) is 5.71. The summed E-state index contributed by atoms with van der Waals surface area (Å²) in [6.45, 7) is -1.74. The molecule has 0 aliphatic heterocycles. The summed E-state index contributed by atoms with van der Waals surface area (Å²) in [6.07, 6.45) is -23.9. The SMILES string of the molecule is CCC(F)(F)OC(F)(F)C(F)(F)OC(F)(F)OCF. The van der Waals surface area contributed by atoms with E-state index in [0.717, 1.165) is 0 Å². The van der Waals surface area contributed by atoms with Gasteiger partial charge in [-0.3, -0.25) is 4.74 Å². The Bertz CT molecular complexity index is 294. The van der Waals surface area contributed by atoms with Crippen LogP contribution in [0.2, 0.25) is 0 Å². The van der Waals surface area contributed by atoms with Gasteiger partial charge < -0.3 is 0 Å². The smallest absolute Gasteiger partial charge is 0.264 e. The van der Waals surface area contributed by atoms with Crippen LogP contribution >= 0.6 is 0 Å². The number of hydrogen-bond acceptors (Lipinski definition) is 3. The Kier molecular flexibility index (Phi) is 5.48. The van der Waals surface area contributed by atoms with E-state index in [1.807, 2.05) is 0 Å². The zero-order chi connectivity index (χ0) is 15.5. The fourth-order valence-electron chi connectivity index (χ4n) is 0.621. The Morgan fingerprint density at radius 2 is 1.21 bits per heavy atom. The van der Waals surface area contributed by atoms with Crippen LogP contribution in [0.5, 0.6) is 0 Å². The minimum absolute atomic E-state index is 0.607. The van der Waals surface area contributed by atoms with E-state index in [1.54, 1.807) is 0 Å². The second-order valence-corrected chi connectivity index (χ2v) is 2.95. The van der Waals surface area contributed by atoms with Crippen LogP contribution in [0.1, 0.15) is 13.3 Å². The van der Waals surface area contributed by atoms with Gasteiger partial charge in [0.15, 0.2) is 6.86 Å². The van der Waals surface area contributed by atoms with Crippen molar-refractivity contribution in [1.82, 2.24) is 0 Å². The molecule has 0 unspecified atom stereocenters. The number of hydrogen-bond donors (Lipinski definition) is 0. The standard InChI is InChI=1S/C7H7F9O3/c1-2-4(9,10)18-5(11,12)6(13,14)19-7(15,16)17-3-8/h2-3H2,1H3. The predicted molar refractivity (Wildman–Crippen MR) is 39.3 cm³/mol. The summed E-state index contributed by atoms with van der Waals surface area (Å²) in [5.41, 5.74) is 0. The normalized spacial score (nSPS) is 14.8. The summed E-state index contributed by atoms with van der Waals surface area (Å²) >= 11 is 0. The lowest BCUT2D eigenvalue weighted by Gasteiger charge is -2.30. The number of halogens is 9. The van der Waals surface area contributed by atoms with Gasteiger partial charge >= 0.3 is 24.6 Å². The van der Waals surface area contributed by atoms with E-state index in [0.29, 0.717) is 6.92 Å². The third-order valence-electron chi connectivity index (χ3n) is 1.50. The van der Waals surface area contributed by atoms with Crippen LogP contribution in [0.15, 0.2) is 0 Å².